The van der Waals surface area contributed by atoms with Crippen LogP contribution in [0.2, 0.25) is 0 Å². The Labute approximate surface area is 134 Å². The maximum absolute atomic E-state index is 12.1. The molecule has 1 aliphatic rings. The van der Waals surface area contributed by atoms with E-state index in [9.17, 15) is 4.79 Å². The van der Waals surface area contributed by atoms with Crippen LogP contribution in [0.15, 0.2) is 24.5 Å². The molecule has 3 heterocycles. The Morgan fingerprint density at radius 2 is 2.48 bits per heavy atom. The van der Waals surface area contributed by atoms with Crippen molar-refractivity contribution in [1.82, 2.24) is 30.4 Å². The number of amides is 1. The van der Waals surface area contributed by atoms with Gasteiger partial charge in [0.05, 0.1) is 13.2 Å². The van der Waals surface area contributed by atoms with Crippen molar-refractivity contribution in [3.05, 3.63) is 41.7 Å². The van der Waals surface area contributed by atoms with Crippen LogP contribution in [0.3, 0.4) is 0 Å². The van der Waals surface area contributed by atoms with Crippen LogP contribution in [-0.2, 0) is 16.1 Å². The lowest BCUT2D eigenvalue weighted by molar-refractivity contribution is -0.124. The summed E-state index contributed by atoms with van der Waals surface area (Å²) in [4.78, 5) is 22.5. The number of nitrogens with zero attached hydrogens (tertiary/aromatic N) is 4. The number of carbonyl (C=O) groups excluding carboxylic acids is 1. The van der Waals surface area contributed by atoms with E-state index in [1.165, 1.54) is 0 Å². The van der Waals surface area contributed by atoms with Crippen LogP contribution in [-0.4, -0.2) is 57.2 Å². The molecular weight excluding hydrogens is 296 g/mol. The number of H-pyrrole nitrogens is 1. The predicted octanol–water partition coefficient (Wildman–Crippen LogP) is 0.198. The third-order valence-electron chi connectivity index (χ3n) is 3.63. The SMILES string of the molecule is Cc1nc(C2CN(CC(=O)NCc3cccnc3)CCO2)n[nH]1. The second kappa shape index (κ2) is 7.30. The molecular formula is C15H20N6O2. The molecule has 3 rings (SSSR count). The smallest absolute Gasteiger partial charge is 0.234 e. The van der Waals surface area contributed by atoms with E-state index in [0.717, 1.165) is 17.9 Å². The molecule has 1 amide bonds. The molecule has 1 fully saturated rings. The van der Waals surface area contributed by atoms with Gasteiger partial charge >= 0.3 is 0 Å². The number of aromatic amines is 1. The van der Waals surface area contributed by atoms with Crippen LogP contribution in [0.25, 0.3) is 0 Å². The average molecular weight is 316 g/mol. The molecule has 8 nitrogen and oxygen atoms in total. The van der Waals surface area contributed by atoms with E-state index in [0.29, 0.717) is 32.1 Å². The van der Waals surface area contributed by atoms with Crippen LogP contribution in [0.4, 0.5) is 0 Å². The van der Waals surface area contributed by atoms with Gasteiger partial charge in [0.25, 0.3) is 0 Å². The lowest BCUT2D eigenvalue weighted by Gasteiger charge is -2.30. The first kappa shape index (κ1) is 15.6. The van der Waals surface area contributed by atoms with Crippen molar-refractivity contribution in [2.45, 2.75) is 19.6 Å². The summed E-state index contributed by atoms with van der Waals surface area (Å²) in [6.45, 7) is 4.57. The van der Waals surface area contributed by atoms with Crippen molar-refractivity contribution in [1.29, 1.82) is 0 Å². The number of nitrogens with one attached hydrogen (secondary N) is 2. The van der Waals surface area contributed by atoms with E-state index in [4.69, 9.17) is 4.74 Å². The zero-order chi connectivity index (χ0) is 16.1. The van der Waals surface area contributed by atoms with Gasteiger partial charge in [0.15, 0.2) is 5.82 Å². The number of aryl methyl sites for hydroxylation is 1. The molecule has 0 aliphatic carbocycles. The Bertz CT molecular complexity index is 644. The first-order valence-electron chi connectivity index (χ1n) is 7.59. The molecule has 1 atom stereocenters. The predicted molar refractivity (Wildman–Crippen MR) is 82.3 cm³/mol. The first-order valence-corrected chi connectivity index (χ1v) is 7.59. The number of rotatable bonds is 5. The summed E-state index contributed by atoms with van der Waals surface area (Å²) in [5.74, 6) is 1.39. The Morgan fingerprint density at radius 1 is 1.57 bits per heavy atom. The summed E-state index contributed by atoms with van der Waals surface area (Å²) < 4.78 is 5.69. The van der Waals surface area contributed by atoms with Gasteiger partial charge in [-0.25, -0.2) is 4.98 Å². The number of pyridine rings is 1. The van der Waals surface area contributed by atoms with Crippen LogP contribution < -0.4 is 5.32 Å². The lowest BCUT2D eigenvalue weighted by atomic mass is 10.2. The monoisotopic (exact) mass is 316 g/mol. The van der Waals surface area contributed by atoms with Crippen molar-refractivity contribution in [3.8, 4) is 0 Å². The minimum atomic E-state index is -0.195. The number of morpholine rings is 1. The number of aromatic nitrogens is 4. The summed E-state index contributed by atoms with van der Waals surface area (Å²) in [5.41, 5.74) is 0.983. The van der Waals surface area contributed by atoms with Crippen LogP contribution in [0.5, 0.6) is 0 Å². The highest BCUT2D eigenvalue weighted by atomic mass is 16.5. The number of carbonyl (C=O) groups is 1. The standard InChI is InChI=1S/C15H20N6O2/c1-11-18-15(20-19-11)13-9-21(5-6-23-13)10-14(22)17-8-12-3-2-4-16-7-12/h2-4,7,13H,5-6,8-10H2,1H3,(H,17,22)(H,18,19,20). The van der Waals surface area contributed by atoms with E-state index < -0.39 is 0 Å². The van der Waals surface area contributed by atoms with E-state index in [1.807, 2.05) is 19.1 Å². The van der Waals surface area contributed by atoms with Crippen molar-refractivity contribution >= 4 is 5.91 Å². The van der Waals surface area contributed by atoms with Crippen molar-refractivity contribution in [2.24, 2.45) is 0 Å². The summed E-state index contributed by atoms with van der Waals surface area (Å²) in [7, 11) is 0. The molecule has 2 aromatic rings. The van der Waals surface area contributed by atoms with Gasteiger partial charge in [-0.3, -0.25) is 19.8 Å². The molecule has 1 aliphatic heterocycles. The molecule has 1 saturated heterocycles. The summed E-state index contributed by atoms with van der Waals surface area (Å²) in [5, 5.41) is 9.86. The summed E-state index contributed by atoms with van der Waals surface area (Å²) in [6.07, 6.45) is 3.26. The van der Waals surface area contributed by atoms with Gasteiger partial charge < -0.3 is 10.1 Å². The highest BCUT2D eigenvalue weighted by Crippen LogP contribution is 2.18. The Kier molecular flexibility index (Phi) is 4.94. The quantitative estimate of drug-likeness (QED) is 0.818. The average Bonchev–Trinajstić information content (AvgIpc) is 3.01. The van der Waals surface area contributed by atoms with Gasteiger partial charge in [0.1, 0.15) is 11.9 Å². The minimum Gasteiger partial charge on any atom is -0.367 e. The van der Waals surface area contributed by atoms with Gasteiger partial charge in [-0.2, -0.15) is 5.10 Å². The number of hydrogen-bond donors (Lipinski definition) is 2. The maximum atomic E-state index is 12.1. The minimum absolute atomic E-state index is 0.0133. The van der Waals surface area contributed by atoms with Crippen LogP contribution in [0.1, 0.15) is 23.3 Å². The number of ether oxygens (including phenoxy) is 1. The molecule has 0 radical (unpaired) electrons. The topological polar surface area (TPSA) is 96.0 Å². The Balaban J connectivity index is 1.48. The van der Waals surface area contributed by atoms with Gasteiger partial charge in [-0.1, -0.05) is 6.07 Å². The fraction of sp³-hybridized carbons (Fsp3) is 0.467. The molecule has 122 valence electrons. The normalized spacial score (nSPS) is 18.7. The van der Waals surface area contributed by atoms with E-state index in [2.05, 4.69) is 30.4 Å². The van der Waals surface area contributed by atoms with E-state index >= 15 is 0 Å². The van der Waals surface area contributed by atoms with E-state index in [1.54, 1.807) is 12.4 Å². The van der Waals surface area contributed by atoms with Gasteiger partial charge in [-0.05, 0) is 18.6 Å². The largest absolute Gasteiger partial charge is 0.367 e. The zero-order valence-corrected chi connectivity index (χ0v) is 13.0. The molecule has 1 unspecified atom stereocenters. The highest BCUT2D eigenvalue weighted by molar-refractivity contribution is 5.78. The van der Waals surface area contributed by atoms with Crippen molar-refractivity contribution in [2.75, 3.05) is 26.2 Å². The second-order valence-corrected chi connectivity index (χ2v) is 5.51. The molecule has 0 spiro atoms. The van der Waals surface area contributed by atoms with Gasteiger partial charge in [0.2, 0.25) is 5.91 Å². The summed E-state index contributed by atoms with van der Waals surface area (Å²) >= 11 is 0. The van der Waals surface area contributed by atoms with Gasteiger partial charge in [-0.15, -0.1) is 0 Å². The van der Waals surface area contributed by atoms with Crippen LogP contribution in [0, 0.1) is 6.92 Å². The maximum Gasteiger partial charge on any atom is 0.234 e. The van der Waals surface area contributed by atoms with E-state index in [-0.39, 0.29) is 12.0 Å². The molecule has 23 heavy (non-hydrogen) atoms. The molecule has 2 N–H and O–H groups in total. The fourth-order valence-corrected chi connectivity index (χ4v) is 2.47. The third kappa shape index (κ3) is 4.33. The second-order valence-electron chi connectivity index (χ2n) is 5.51. The molecule has 0 aromatic carbocycles. The molecule has 0 saturated carbocycles. The number of hydrogen-bond acceptors (Lipinski definition) is 6. The molecule has 8 heteroatoms. The first-order chi connectivity index (χ1) is 11.2. The zero-order valence-electron chi connectivity index (χ0n) is 13.0. The van der Waals surface area contributed by atoms with Crippen molar-refractivity contribution < 1.29 is 9.53 Å². The van der Waals surface area contributed by atoms with Crippen molar-refractivity contribution in [3.63, 3.8) is 0 Å². The molecule has 0 bridgehead atoms. The third-order valence-corrected chi connectivity index (χ3v) is 3.63. The summed E-state index contributed by atoms with van der Waals surface area (Å²) in [6, 6.07) is 3.79. The Hall–Kier alpha value is -2.32. The van der Waals surface area contributed by atoms with Crippen LogP contribution >= 0.6 is 0 Å². The lowest BCUT2D eigenvalue weighted by Crippen LogP contribution is -2.44. The fourth-order valence-electron chi connectivity index (χ4n) is 2.47. The molecule has 2 aromatic heterocycles. The highest BCUT2D eigenvalue weighted by Gasteiger charge is 2.26. The Morgan fingerprint density at radius 3 is 3.22 bits per heavy atom. The van der Waals surface area contributed by atoms with Gasteiger partial charge in [0, 0.05) is 32.0 Å².